The van der Waals surface area contributed by atoms with Gasteiger partial charge in [-0.05, 0) is 0 Å². The van der Waals surface area contributed by atoms with Crippen molar-refractivity contribution in [1.29, 1.82) is 0 Å². The highest BCUT2D eigenvalue weighted by molar-refractivity contribution is 7.80. The van der Waals surface area contributed by atoms with Crippen LogP contribution in [0.2, 0.25) is 0 Å². The fourth-order valence-corrected chi connectivity index (χ4v) is 4.52. The molecule has 0 aromatic heterocycles. The fourth-order valence-electron chi connectivity index (χ4n) is 4.20. The van der Waals surface area contributed by atoms with Crippen LogP contribution >= 0.6 is 12.6 Å². The molecule has 0 aliphatic carbocycles. The van der Waals surface area contributed by atoms with Crippen molar-refractivity contribution in [3.63, 3.8) is 0 Å². The van der Waals surface area contributed by atoms with Gasteiger partial charge in [-0.3, -0.25) is 4.79 Å². The van der Waals surface area contributed by atoms with Gasteiger partial charge in [-0.25, -0.2) is 0 Å². The third kappa shape index (κ3) is 3.44. The molecule has 0 aromatic rings. The van der Waals surface area contributed by atoms with Crippen LogP contribution in [0.4, 0.5) is 0 Å². The Bertz CT molecular complexity index is 564. The molecule has 28 heavy (non-hydrogen) atoms. The van der Waals surface area contributed by atoms with E-state index in [0.717, 1.165) is 7.11 Å². The summed E-state index contributed by atoms with van der Waals surface area (Å²) >= 11 is 3.81. The van der Waals surface area contributed by atoms with Gasteiger partial charge < -0.3 is 55.7 Å². The summed E-state index contributed by atoms with van der Waals surface area (Å²) < 4.78 is 15.8. The van der Waals surface area contributed by atoms with Gasteiger partial charge in [0.2, 0.25) is 5.91 Å². The van der Waals surface area contributed by atoms with E-state index in [1.807, 2.05) is 0 Å². The third-order valence-corrected chi connectivity index (χ3v) is 5.79. The van der Waals surface area contributed by atoms with E-state index in [1.165, 1.54) is 0 Å². The van der Waals surface area contributed by atoms with Crippen LogP contribution in [-0.2, 0) is 19.0 Å². The number of hydrogen-bond donors (Lipinski definition) is 9. The molecule has 1 amide bonds. The number of nitrogens with two attached hydrogens (primary N) is 1. The molecule has 2 fully saturated rings. The van der Waals surface area contributed by atoms with Gasteiger partial charge >= 0.3 is 0 Å². The zero-order chi connectivity index (χ0) is 21.4. The van der Waals surface area contributed by atoms with Gasteiger partial charge in [0.1, 0.15) is 41.6 Å². The molecule has 0 radical (unpaired) electrons. The first kappa shape index (κ1) is 23.7. The van der Waals surface area contributed by atoms with Crippen LogP contribution in [-0.4, -0.2) is 116 Å². The van der Waals surface area contributed by atoms with Crippen molar-refractivity contribution in [2.75, 3.05) is 20.3 Å². The molecule has 2 rings (SSSR count). The quantitative estimate of drug-likeness (QED) is 0.144. The lowest BCUT2D eigenvalue weighted by Crippen LogP contribution is -2.81. The van der Waals surface area contributed by atoms with Crippen LogP contribution < -0.4 is 5.73 Å². The van der Waals surface area contributed by atoms with E-state index >= 15 is 0 Å². The largest absolute Gasteiger partial charge is 0.394 e. The van der Waals surface area contributed by atoms with Crippen molar-refractivity contribution >= 4 is 18.5 Å². The van der Waals surface area contributed by atoms with Crippen molar-refractivity contribution in [2.45, 2.75) is 60.4 Å². The molecule has 2 aliphatic heterocycles. The predicted molar refractivity (Wildman–Crippen MR) is 92.7 cm³/mol. The Kier molecular flexibility index (Phi) is 7.32. The Morgan fingerprint density at radius 1 is 1.32 bits per heavy atom. The summed E-state index contributed by atoms with van der Waals surface area (Å²) in [5, 5.41) is 73.0. The Balaban J connectivity index is 2.75. The molecule has 2 heterocycles. The number of carbonyl (C=O) groups excluding carboxylic acids is 1. The molecule has 0 bridgehead atoms. The van der Waals surface area contributed by atoms with Crippen molar-refractivity contribution < 1.29 is 54.8 Å². The molecule has 13 heteroatoms. The number of aliphatic hydroxyl groups excluding tert-OH is 6. The van der Waals surface area contributed by atoms with Crippen LogP contribution in [0.5, 0.6) is 0 Å². The molecule has 9 N–H and O–H groups in total. The zero-order valence-electron chi connectivity index (χ0n) is 15.0. The second-order valence-electron chi connectivity index (χ2n) is 7.05. The number of hydrogen-bond acceptors (Lipinski definition) is 12. The summed E-state index contributed by atoms with van der Waals surface area (Å²) in [6.07, 6.45) is -13.5. The number of thiol groups is 1. The number of carbonyl (C=O) groups is 1. The maximum atomic E-state index is 11.9. The number of aliphatic hydroxyl groups is 7. The van der Waals surface area contributed by atoms with Crippen molar-refractivity contribution in [2.24, 2.45) is 11.1 Å². The minimum atomic E-state index is -2.83. The van der Waals surface area contributed by atoms with E-state index in [2.05, 4.69) is 12.6 Å². The lowest BCUT2D eigenvalue weighted by molar-refractivity contribution is -0.394. The molecule has 10 atom stereocenters. The van der Waals surface area contributed by atoms with Gasteiger partial charge in [-0.15, -0.1) is 12.6 Å². The average molecular weight is 429 g/mol. The highest BCUT2D eigenvalue weighted by Gasteiger charge is 2.73. The minimum absolute atomic E-state index is 0.505. The molecule has 0 aromatic carbocycles. The molecule has 0 saturated carbocycles. The van der Waals surface area contributed by atoms with Crippen LogP contribution in [0.3, 0.4) is 0 Å². The summed E-state index contributed by atoms with van der Waals surface area (Å²) in [5.41, 5.74) is -1.71. The van der Waals surface area contributed by atoms with Gasteiger partial charge in [0.15, 0.2) is 6.29 Å². The molecule has 0 spiro atoms. The van der Waals surface area contributed by atoms with E-state index < -0.39 is 84.9 Å². The number of methoxy groups -OCH3 is 1. The Morgan fingerprint density at radius 3 is 2.39 bits per heavy atom. The van der Waals surface area contributed by atoms with Crippen molar-refractivity contribution in [3.05, 3.63) is 0 Å². The Hall–Kier alpha value is -0.580. The SMILES string of the molecule is CO[C@H]1O[C@H](CO)[C@@H](O)[C@H](O)[C@]1(CC(N)=O)[C@@]1(O)[C@@H](C(O)S)OC[C@H](O)[C@H]1O. The molecule has 2 saturated heterocycles. The summed E-state index contributed by atoms with van der Waals surface area (Å²) in [7, 11) is 1.08. The van der Waals surface area contributed by atoms with Gasteiger partial charge in [-0.2, -0.15) is 0 Å². The number of primary amides is 1. The topological polar surface area (TPSA) is 212 Å². The minimum Gasteiger partial charge on any atom is -0.394 e. The normalized spacial score (nSPS) is 48.2. The summed E-state index contributed by atoms with van der Waals surface area (Å²) in [6.45, 7) is -1.25. The third-order valence-electron chi connectivity index (χ3n) is 5.52. The molecular formula is C15H27NO11S. The van der Waals surface area contributed by atoms with E-state index in [9.17, 15) is 40.5 Å². The van der Waals surface area contributed by atoms with Crippen LogP contribution in [0, 0.1) is 5.41 Å². The Morgan fingerprint density at radius 2 is 1.93 bits per heavy atom. The standard InChI is InChI=1S/C15H27NO11S/c1-25-13-14(2-7(16)19,10(22)8(20)6(3-17)27-13)15(24)9(21)5(18)4-26-11(15)12(23)28/h5-6,8-13,17-18,20-24,28H,2-4H2,1H3,(H2,16,19)/t5-,6+,8+,9+,10-,11+,12?,13-,14-,15-/m0/s1. The second kappa shape index (κ2) is 8.65. The van der Waals surface area contributed by atoms with Gasteiger partial charge in [0.25, 0.3) is 0 Å². The van der Waals surface area contributed by atoms with Crippen molar-refractivity contribution in [3.8, 4) is 0 Å². The molecular weight excluding hydrogens is 402 g/mol. The second-order valence-corrected chi connectivity index (χ2v) is 7.58. The van der Waals surface area contributed by atoms with E-state index in [-0.39, 0.29) is 0 Å². The van der Waals surface area contributed by atoms with Crippen LogP contribution in [0.25, 0.3) is 0 Å². The maximum absolute atomic E-state index is 11.9. The Labute approximate surface area is 165 Å². The van der Waals surface area contributed by atoms with Crippen LogP contribution in [0.1, 0.15) is 6.42 Å². The smallest absolute Gasteiger partial charge is 0.218 e. The number of ether oxygens (including phenoxy) is 3. The van der Waals surface area contributed by atoms with E-state index in [1.54, 1.807) is 0 Å². The number of rotatable bonds is 6. The lowest BCUT2D eigenvalue weighted by Gasteiger charge is -2.61. The van der Waals surface area contributed by atoms with Crippen LogP contribution in [0.15, 0.2) is 0 Å². The zero-order valence-corrected chi connectivity index (χ0v) is 15.9. The molecule has 2 aliphatic rings. The molecule has 164 valence electrons. The van der Waals surface area contributed by atoms with E-state index in [0.29, 0.717) is 0 Å². The number of amides is 1. The lowest BCUT2D eigenvalue weighted by atomic mass is 9.56. The molecule has 12 nitrogen and oxygen atoms in total. The summed E-state index contributed by atoms with van der Waals surface area (Å²) in [6, 6.07) is 0. The first-order chi connectivity index (χ1) is 13.0. The molecule has 1 unspecified atom stereocenters. The maximum Gasteiger partial charge on any atom is 0.218 e. The fraction of sp³-hybridized carbons (Fsp3) is 0.933. The average Bonchev–Trinajstić information content (AvgIpc) is 2.63. The monoisotopic (exact) mass is 429 g/mol. The predicted octanol–water partition coefficient (Wildman–Crippen LogP) is -4.97. The summed E-state index contributed by atoms with van der Waals surface area (Å²) in [5.74, 6) is -1.09. The van der Waals surface area contributed by atoms with Gasteiger partial charge in [0, 0.05) is 13.5 Å². The highest BCUT2D eigenvalue weighted by atomic mass is 32.1. The van der Waals surface area contributed by atoms with Gasteiger partial charge in [0.05, 0.1) is 24.7 Å². The van der Waals surface area contributed by atoms with E-state index in [4.69, 9.17) is 19.9 Å². The summed E-state index contributed by atoms with van der Waals surface area (Å²) in [4.78, 5) is 11.9. The highest BCUT2D eigenvalue weighted by Crippen LogP contribution is 2.54. The first-order valence-corrected chi connectivity index (χ1v) is 9.00. The van der Waals surface area contributed by atoms with Gasteiger partial charge in [-0.1, -0.05) is 0 Å². The van der Waals surface area contributed by atoms with Crippen molar-refractivity contribution in [1.82, 2.24) is 0 Å². The first-order valence-electron chi connectivity index (χ1n) is 8.48.